The fourth-order valence-corrected chi connectivity index (χ4v) is 2.22. The van der Waals surface area contributed by atoms with Crippen molar-refractivity contribution in [2.75, 3.05) is 11.5 Å². The van der Waals surface area contributed by atoms with E-state index in [1.165, 1.54) is 0 Å². The van der Waals surface area contributed by atoms with Crippen LogP contribution in [-0.2, 0) is 6.42 Å². The Bertz CT molecular complexity index is 782. The van der Waals surface area contributed by atoms with Crippen molar-refractivity contribution in [3.63, 3.8) is 0 Å². The number of rotatable bonds is 3. The highest BCUT2D eigenvalue weighted by molar-refractivity contribution is 5.80. The van der Waals surface area contributed by atoms with Gasteiger partial charge in [-0.2, -0.15) is 0 Å². The first-order valence-electron chi connectivity index (χ1n) is 6.82. The Morgan fingerprint density at radius 2 is 1.86 bits per heavy atom. The van der Waals surface area contributed by atoms with Crippen LogP contribution in [0.15, 0.2) is 30.5 Å². The van der Waals surface area contributed by atoms with Gasteiger partial charge in [0.1, 0.15) is 11.3 Å². The molecule has 0 aliphatic heterocycles. The van der Waals surface area contributed by atoms with Crippen LogP contribution in [0.3, 0.4) is 0 Å². The number of aromatic nitrogens is 4. The van der Waals surface area contributed by atoms with Crippen molar-refractivity contribution < 1.29 is 0 Å². The number of aryl methyl sites for hydroxylation is 1. The molecule has 0 fully saturated rings. The van der Waals surface area contributed by atoms with Gasteiger partial charge in [-0.05, 0) is 30.7 Å². The minimum atomic E-state index is 0.287. The van der Waals surface area contributed by atoms with Gasteiger partial charge in [0.05, 0.1) is 16.9 Å². The number of pyridine rings is 2. The maximum atomic E-state index is 5.75. The van der Waals surface area contributed by atoms with Gasteiger partial charge in [0.2, 0.25) is 5.95 Å². The summed E-state index contributed by atoms with van der Waals surface area (Å²) in [5.74, 6) is 0.775. The van der Waals surface area contributed by atoms with Gasteiger partial charge in [0, 0.05) is 11.8 Å². The summed E-state index contributed by atoms with van der Waals surface area (Å²) in [5.41, 5.74) is 15.5. The van der Waals surface area contributed by atoms with E-state index in [0.29, 0.717) is 5.82 Å². The second kappa shape index (κ2) is 5.32. The van der Waals surface area contributed by atoms with Crippen LogP contribution in [0.25, 0.3) is 22.3 Å². The summed E-state index contributed by atoms with van der Waals surface area (Å²) in [6.45, 7) is 2.10. The number of fused-ring (bicyclic) bond motifs is 1. The Labute approximate surface area is 122 Å². The normalized spacial score (nSPS) is 10.9. The summed E-state index contributed by atoms with van der Waals surface area (Å²) in [4.78, 5) is 17.3. The number of nitrogen functional groups attached to an aromatic ring is 2. The highest BCUT2D eigenvalue weighted by atomic mass is 15.0. The first-order valence-corrected chi connectivity index (χ1v) is 6.82. The lowest BCUT2D eigenvalue weighted by atomic mass is 10.1. The highest BCUT2D eigenvalue weighted by Gasteiger charge is 2.09. The van der Waals surface area contributed by atoms with Crippen molar-refractivity contribution in [1.82, 2.24) is 19.9 Å². The molecule has 0 saturated carbocycles. The van der Waals surface area contributed by atoms with Crippen molar-refractivity contribution in [3.05, 3.63) is 36.2 Å². The van der Waals surface area contributed by atoms with Crippen LogP contribution in [0.4, 0.5) is 11.8 Å². The average Bonchev–Trinajstić information content (AvgIpc) is 2.48. The summed E-state index contributed by atoms with van der Waals surface area (Å²) < 4.78 is 0. The first kappa shape index (κ1) is 13.2. The molecule has 3 rings (SSSR count). The zero-order valence-corrected chi connectivity index (χ0v) is 11.7. The Balaban J connectivity index is 2.16. The third-order valence-electron chi connectivity index (χ3n) is 3.20. The lowest BCUT2D eigenvalue weighted by Crippen LogP contribution is -2.02. The number of anilines is 2. The second-order valence-corrected chi connectivity index (χ2v) is 4.81. The number of nitrogens with two attached hydrogens (primary N) is 2. The predicted octanol–water partition coefficient (Wildman–Crippen LogP) is 2.20. The van der Waals surface area contributed by atoms with Crippen molar-refractivity contribution in [1.29, 1.82) is 0 Å². The molecule has 0 saturated heterocycles. The van der Waals surface area contributed by atoms with E-state index in [2.05, 4.69) is 26.9 Å². The summed E-state index contributed by atoms with van der Waals surface area (Å²) >= 11 is 0. The van der Waals surface area contributed by atoms with E-state index in [-0.39, 0.29) is 5.95 Å². The molecule has 0 amide bonds. The first-order chi connectivity index (χ1) is 10.2. The Kier molecular flexibility index (Phi) is 3.35. The molecule has 3 aromatic rings. The lowest BCUT2D eigenvalue weighted by molar-refractivity contribution is 0.885. The molecule has 0 aromatic carbocycles. The SMILES string of the molecule is CCCc1nc(N)nc2ccc(-c3ccc(N)nc3)nc12. The second-order valence-electron chi connectivity index (χ2n) is 4.81. The van der Waals surface area contributed by atoms with Gasteiger partial charge in [-0.15, -0.1) is 0 Å². The van der Waals surface area contributed by atoms with Gasteiger partial charge in [-0.1, -0.05) is 13.3 Å². The third-order valence-corrected chi connectivity index (χ3v) is 3.20. The Morgan fingerprint density at radius 3 is 2.57 bits per heavy atom. The van der Waals surface area contributed by atoms with E-state index in [1.807, 2.05) is 18.2 Å². The molecule has 0 radical (unpaired) electrons. The predicted molar refractivity (Wildman–Crippen MR) is 83.4 cm³/mol. The molecule has 3 aromatic heterocycles. The average molecular weight is 280 g/mol. The van der Waals surface area contributed by atoms with Crippen molar-refractivity contribution in [2.24, 2.45) is 0 Å². The molecule has 3 heterocycles. The Hall–Kier alpha value is -2.76. The molecular formula is C15H16N6. The van der Waals surface area contributed by atoms with Gasteiger partial charge in [0.25, 0.3) is 0 Å². The van der Waals surface area contributed by atoms with Crippen molar-refractivity contribution in [3.8, 4) is 11.3 Å². The van der Waals surface area contributed by atoms with Crippen LogP contribution in [0.5, 0.6) is 0 Å². The summed E-state index contributed by atoms with van der Waals surface area (Å²) in [6.07, 6.45) is 3.50. The number of hydrogen-bond donors (Lipinski definition) is 2. The van der Waals surface area contributed by atoms with Crippen LogP contribution in [-0.4, -0.2) is 19.9 Å². The van der Waals surface area contributed by atoms with E-state index in [4.69, 9.17) is 11.5 Å². The van der Waals surface area contributed by atoms with E-state index in [1.54, 1.807) is 12.3 Å². The maximum Gasteiger partial charge on any atom is 0.220 e. The van der Waals surface area contributed by atoms with E-state index < -0.39 is 0 Å². The number of hydrogen-bond acceptors (Lipinski definition) is 6. The van der Waals surface area contributed by atoms with Gasteiger partial charge in [-0.25, -0.2) is 19.9 Å². The van der Waals surface area contributed by atoms with E-state index in [0.717, 1.165) is 40.8 Å². The Morgan fingerprint density at radius 1 is 1.00 bits per heavy atom. The molecule has 0 spiro atoms. The molecular weight excluding hydrogens is 264 g/mol. The molecule has 0 unspecified atom stereocenters. The van der Waals surface area contributed by atoms with Gasteiger partial charge in [-0.3, -0.25) is 0 Å². The lowest BCUT2D eigenvalue weighted by Gasteiger charge is -2.07. The molecule has 4 N–H and O–H groups in total. The highest BCUT2D eigenvalue weighted by Crippen LogP contribution is 2.22. The van der Waals surface area contributed by atoms with Crippen LogP contribution in [0.1, 0.15) is 19.0 Å². The smallest absolute Gasteiger partial charge is 0.220 e. The molecule has 0 aliphatic rings. The molecule has 0 bridgehead atoms. The summed E-state index contributed by atoms with van der Waals surface area (Å²) in [5, 5.41) is 0. The van der Waals surface area contributed by atoms with Gasteiger partial charge in [0.15, 0.2) is 0 Å². The molecule has 106 valence electrons. The molecule has 0 aliphatic carbocycles. The minimum absolute atomic E-state index is 0.287. The third kappa shape index (κ3) is 2.60. The molecule has 6 heteroatoms. The fourth-order valence-electron chi connectivity index (χ4n) is 2.22. The number of nitrogens with zero attached hydrogens (tertiary/aromatic N) is 4. The molecule has 21 heavy (non-hydrogen) atoms. The molecule has 6 nitrogen and oxygen atoms in total. The molecule has 0 atom stereocenters. The van der Waals surface area contributed by atoms with E-state index in [9.17, 15) is 0 Å². The monoisotopic (exact) mass is 280 g/mol. The van der Waals surface area contributed by atoms with Crippen molar-refractivity contribution >= 4 is 22.8 Å². The topological polar surface area (TPSA) is 104 Å². The standard InChI is InChI=1S/C15H16N6/c1-2-3-11-14-12(21-15(17)20-11)6-5-10(19-14)9-4-7-13(16)18-8-9/h4-8H,2-3H2,1H3,(H2,16,18)(H2,17,20,21). The quantitative estimate of drug-likeness (QED) is 0.762. The van der Waals surface area contributed by atoms with Gasteiger partial charge >= 0.3 is 0 Å². The summed E-state index contributed by atoms with van der Waals surface area (Å²) in [6, 6.07) is 7.46. The van der Waals surface area contributed by atoms with E-state index >= 15 is 0 Å². The summed E-state index contributed by atoms with van der Waals surface area (Å²) in [7, 11) is 0. The zero-order chi connectivity index (χ0) is 14.8. The van der Waals surface area contributed by atoms with Crippen LogP contribution >= 0.6 is 0 Å². The minimum Gasteiger partial charge on any atom is -0.384 e. The van der Waals surface area contributed by atoms with Crippen LogP contribution in [0, 0.1) is 0 Å². The van der Waals surface area contributed by atoms with Crippen LogP contribution < -0.4 is 11.5 Å². The van der Waals surface area contributed by atoms with Crippen LogP contribution in [0.2, 0.25) is 0 Å². The van der Waals surface area contributed by atoms with Crippen molar-refractivity contribution in [2.45, 2.75) is 19.8 Å². The zero-order valence-electron chi connectivity index (χ0n) is 11.7. The fraction of sp³-hybridized carbons (Fsp3) is 0.200. The van der Waals surface area contributed by atoms with Gasteiger partial charge < -0.3 is 11.5 Å². The maximum absolute atomic E-state index is 5.75. The largest absolute Gasteiger partial charge is 0.384 e.